The van der Waals surface area contributed by atoms with E-state index in [0.29, 0.717) is 5.92 Å². The first-order valence-corrected chi connectivity index (χ1v) is 6.49. The lowest BCUT2D eigenvalue weighted by atomic mass is 10.1. The molecule has 2 atom stereocenters. The van der Waals surface area contributed by atoms with Crippen molar-refractivity contribution in [1.29, 1.82) is 0 Å². The third-order valence-electron chi connectivity index (χ3n) is 3.54. The lowest BCUT2D eigenvalue weighted by Gasteiger charge is -2.06. The highest BCUT2D eigenvalue weighted by molar-refractivity contribution is 5.97. The number of halogens is 1. The average Bonchev–Trinajstić information content (AvgIpc) is 3.18. The minimum Gasteiger partial charge on any atom is -0.507 e. The van der Waals surface area contributed by atoms with Crippen LogP contribution in [0.2, 0.25) is 0 Å². The van der Waals surface area contributed by atoms with Gasteiger partial charge in [0, 0.05) is 18.0 Å². The quantitative estimate of drug-likeness (QED) is 0.901. The summed E-state index contributed by atoms with van der Waals surface area (Å²) >= 11 is 0. The number of carbonyl (C=O) groups excluding carboxylic acids is 1. The van der Waals surface area contributed by atoms with Crippen LogP contribution in [0.1, 0.15) is 28.3 Å². The molecule has 2 unspecified atom stereocenters. The maximum atomic E-state index is 12.9. The molecule has 2 aromatic carbocycles. The average molecular weight is 271 g/mol. The summed E-state index contributed by atoms with van der Waals surface area (Å²) in [6, 6.07) is 13.4. The predicted octanol–water partition coefficient (Wildman–Crippen LogP) is 2.82. The second-order valence-electron chi connectivity index (χ2n) is 4.99. The Morgan fingerprint density at radius 3 is 2.65 bits per heavy atom. The Labute approximate surface area is 116 Å². The number of hydrogen-bond acceptors (Lipinski definition) is 2. The molecule has 3 nitrogen and oxygen atoms in total. The van der Waals surface area contributed by atoms with E-state index in [-0.39, 0.29) is 23.3 Å². The molecule has 0 radical (unpaired) electrons. The summed E-state index contributed by atoms with van der Waals surface area (Å²) in [5.41, 5.74) is 1.30. The van der Waals surface area contributed by atoms with Gasteiger partial charge >= 0.3 is 0 Å². The van der Waals surface area contributed by atoms with Gasteiger partial charge in [0.25, 0.3) is 5.91 Å². The molecule has 2 aromatic rings. The number of nitrogens with one attached hydrogen (secondary N) is 1. The SMILES string of the molecule is O=C(NC1CC1c1ccccc1)c1ccc(F)cc1O. The molecule has 0 spiro atoms. The summed E-state index contributed by atoms with van der Waals surface area (Å²) in [4.78, 5) is 12.0. The largest absolute Gasteiger partial charge is 0.507 e. The van der Waals surface area contributed by atoms with Crippen molar-refractivity contribution in [2.45, 2.75) is 18.4 Å². The molecule has 0 heterocycles. The number of rotatable bonds is 3. The zero-order valence-corrected chi connectivity index (χ0v) is 10.7. The monoisotopic (exact) mass is 271 g/mol. The molecule has 102 valence electrons. The molecule has 0 aliphatic heterocycles. The van der Waals surface area contributed by atoms with Crippen molar-refractivity contribution in [3.63, 3.8) is 0 Å². The van der Waals surface area contributed by atoms with Crippen LogP contribution in [0.3, 0.4) is 0 Å². The van der Waals surface area contributed by atoms with Crippen molar-refractivity contribution in [1.82, 2.24) is 5.32 Å². The molecule has 20 heavy (non-hydrogen) atoms. The van der Waals surface area contributed by atoms with Crippen LogP contribution in [0, 0.1) is 5.82 Å². The molecular weight excluding hydrogens is 257 g/mol. The van der Waals surface area contributed by atoms with Gasteiger partial charge in [0.1, 0.15) is 11.6 Å². The minimum absolute atomic E-state index is 0.0781. The maximum absolute atomic E-state index is 12.9. The van der Waals surface area contributed by atoms with E-state index in [1.807, 2.05) is 30.3 Å². The highest BCUT2D eigenvalue weighted by Crippen LogP contribution is 2.40. The number of benzene rings is 2. The van der Waals surface area contributed by atoms with E-state index >= 15 is 0 Å². The first kappa shape index (κ1) is 12.7. The maximum Gasteiger partial charge on any atom is 0.255 e. The van der Waals surface area contributed by atoms with Gasteiger partial charge in [-0.1, -0.05) is 30.3 Å². The van der Waals surface area contributed by atoms with Crippen molar-refractivity contribution in [2.75, 3.05) is 0 Å². The minimum atomic E-state index is -0.562. The standard InChI is InChI=1S/C16H14FNO2/c17-11-6-7-12(15(19)8-11)16(20)18-14-9-13(14)10-4-2-1-3-5-10/h1-8,13-14,19H,9H2,(H,18,20). The summed E-state index contributed by atoms with van der Waals surface area (Å²) in [7, 11) is 0. The van der Waals surface area contributed by atoms with E-state index in [2.05, 4.69) is 5.32 Å². The van der Waals surface area contributed by atoms with Crippen LogP contribution in [0.15, 0.2) is 48.5 Å². The topological polar surface area (TPSA) is 49.3 Å². The lowest BCUT2D eigenvalue weighted by Crippen LogP contribution is -2.26. The summed E-state index contributed by atoms with van der Waals surface area (Å²) in [5.74, 6) is -0.944. The van der Waals surface area contributed by atoms with Crippen molar-refractivity contribution >= 4 is 5.91 Å². The molecule has 0 bridgehead atoms. The molecule has 0 aromatic heterocycles. The molecule has 3 rings (SSSR count). The molecule has 1 aliphatic carbocycles. The van der Waals surface area contributed by atoms with E-state index in [1.165, 1.54) is 11.6 Å². The molecule has 4 heteroatoms. The van der Waals surface area contributed by atoms with Gasteiger partial charge in [-0.25, -0.2) is 4.39 Å². The van der Waals surface area contributed by atoms with E-state index in [4.69, 9.17) is 0 Å². The molecule has 1 amide bonds. The zero-order chi connectivity index (χ0) is 14.1. The Bertz CT molecular complexity index is 642. The van der Waals surface area contributed by atoms with Crippen molar-refractivity contribution < 1.29 is 14.3 Å². The fourth-order valence-electron chi connectivity index (χ4n) is 2.37. The number of phenolic OH excluding ortho intramolecular Hbond substituents is 1. The fraction of sp³-hybridized carbons (Fsp3) is 0.188. The van der Waals surface area contributed by atoms with Gasteiger partial charge in [-0.15, -0.1) is 0 Å². The van der Waals surface area contributed by atoms with Gasteiger partial charge < -0.3 is 10.4 Å². The molecule has 1 saturated carbocycles. The molecule has 1 aliphatic rings. The lowest BCUT2D eigenvalue weighted by molar-refractivity contribution is 0.0947. The van der Waals surface area contributed by atoms with Gasteiger partial charge in [0.05, 0.1) is 5.56 Å². The van der Waals surface area contributed by atoms with Gasteiger partial charge in [0.15, 0.2) is 0 Å². The number of amides is 1. The van der Waals surface area contributed by atoms with Crippen LogP contribution < -0.4 is 5.32 Å². The summed E-state index contributed by atoms with van der Waals surface area (Å²) in [5, 5.41) is 12.4. The second-order valence-corrected chi connectivity index (χ2v) is 4.99. The highest BCUT2D eigenvalue weighted by atomic mass is 19.1. The first-order chi connectivity index (χ1) is 9.65. The third-order valence-corrected chi connectivity index (χ3v) is 3.54. The Morgan fingerprint density at radius 2 is 1.95 bits per heavy atom. The van der Waals surface area contributed by atoms with Gasteiger partial charge in [-0.05, 0) is 24.1 Å². The highest BCUT2D eigenvalue weighted by Gasteiger charge is 2.39. The Balaban J connectivity index is 1.66. The predicted molar refractivity (Wildman–Crippen MR) is 73.1 cm³/mol. The van der Waals surface area contributed by atoms with Gasteiger partial charge in [-0.3, -0.25) is 4.79 Å². The number of carbonyl (C=O) groups is 1. The van der Waals surface area contributed by atoms with Gasteiger partial charge in [0.2, 0.25) is 0 Å². The van der Waals surface area contributed by atoms with Crippen molar-refractivity contribution in [3.8, 4) is 5.75 Å². The van der Waals surface area contributed by atoms with Crippen LogP contribution in [0.4, 0.5) is 4.39 Å². The molecular formula is C16H14FNO2. The Morgan fingerprint density at radius 1 is 1.20 bits per heavy atom. The summed E-state index contributed by atoms with van der Waals surface area (Å²) < 4.78 is 12.9. The normalized spacial score (nSPS) is 20.4. The van der Waals surface area contributed by atoms with Crippen LogP contribution in [0.5, 0.6) is 5.75 Å². The first-order valence-electron chi connectivity index (χ1n) is 6.49. The van der Waals surface area contributed by atoms with Crippen LogP contribution in [0.25, 0.3) is 0 Å². The summed E-state index contributed by atoms with van der Waals surface area (Å²) in [6.07, 6.45) is 0.887. The molecule has 2 N–H and O–H groups in total. The van der Waals surface area contributed by atoms with Crippen LogP contribution in [-0.4, -0.2) is 17.1 Å². The van der Waals surface area contributed by atoms with Crippen molar-refractivity contribution in [2.24, 2.45) is 0 Å². The van der Waals surface area contributed by atoms with E-state index in [9.17, 15) is 14.3 Å². The number of phenols is 1. The van der Waals surface area contributed by atoms with Crippen molar-refractivity contribution in [3.05, 3.63) is 65.5 Å². The Hall–Kier alpha value is -2.36. The number of hydrogen-bond donors (Lipinski definition) is 2. The molecule has 1 fully saturated rings. The fourth-order valence-corrected chi connectivity index (χ4v) is 2.37. The van der Waals surface area contributed by atoms with E-state index in [1.54, 1.807) is 0 Å². The number of aromatic hydroxyl groups is 1. The van der Waals surface area contributed by atoms with Gasteiger partial charge in [-0.2, -0.15) is 0 Å². The third kappa shape index (κ3) is 2.50. The van der Waals surface area contributed by atoms with Crippen LogP contribution in [-0.2, 0) is 0 Å². The smallest absolute Gasteiger partial charge is 0.255 e. The van der Waals surface area contributed by atoms with E-state index in [0.717, 1.165) is 18.6 Å². The molecule has 0 saturated heterocycles. The van der Waals surface area contributed by atoms with E-state index < -0.39 is 5.82 Å². The summed E-state index contributed by atoms with van der Waals surface area (Å²) in [6.45, 7) is 0. The van der Waals surface area contributed by atoms with Crippen LogP contribution >= 0.6 is 0 Å². The Kier molecular flexibility index (Phi) is 3.14. The second kappa shape index (κ2) is 4.96. The zero-order valence-electron chi connectivity index (χ0n) is 10.7.